The quantitative estimate of drug-likeness (QED) is 0.570. The zero-order valence-electron chi connectivity index (χ0n) is 7.00. The van der Waals surface area contributed by atoms with E-state index in [1.165, 1.54) is 10.9 Å². The summed E-state index contributed by atoms with van der Waals surface area (Å²) in [5.74, 6) is 0. The predicted molar refractivity (Wildman–Crippen MR) is 50.5 cm³/mol. The first-order chi connectivity index (χ1) is 5.68. The molecule has 2 rings (SSSR count). The second kappa shape index (κ2) is 2.49. The number of aryl methyl sites for hydroxylation is 2. The number of pyridine rings is 1. The van der Waals surface area contributed by atoms with Crippen molar-refractivity contribution in [3.63, 3.8) is 0 Å². The van der Waals surface area contributed by atoms with Gasteiger partial charge in [-0.1, -0.05) is 11.6 Å². The lowest BCUT2D eigenvalue weighted by molar-refractivity contribution is 0.944. The Labute approximate surface area is 75.8 Å². The summed E-state index contributed by atoms with van der Waals surface area (Å²) in [5, 5.41) is 1.71. The Morgan fingerprint density at radius 3 is 2.92 bits per heavy atom. The van der Waals surface area contributed by atoms with E-state index in [9.17, 15) is 0 Å². The Balaban J connectivity index is 2.90. The molecule has 0 aliphatic carbocycles. The Hall–Kier alpha value is -1.02. The minimum absolute atomic E-state index is 0.545. The van der Waals surface area contributed by atoms with Crippen LogP contribution in [0.15, 0.2) is 18.3 Å². The van der Waals surface area contributed by atoms with Crippen LogP contribution in [0.3, 0.4) is 0 Å². The van der Waals surface area contributed by atoms with E-state index in [0.717, 1.165) is 5.65 Å². The third-order valence-electron chi connectivity index (χ3n) is 1.99. The van der Waals surface area contributed by atoms with Crippen LogP contribution in [0.25, 0.3) is 11.0 Å². The van der Waals surface area contributed by atoms with E-state index in [1.807, 2.05) is 29.9 Å². The van der Waals surface area contributed by atoms with E-state index < -0.39 is 0 Å². The molecule has 0 N–H and O–H groups in total. The first-order valence-corrected chi connectivity index (χ1v) is 4.14. The molecule has 0 saturated carbocycles. The maximum atomic E-state index is 5.78. The van der Waals surface area contributed by atoms with Gasteiger partial charge < -0.3 is 4.57 Å². The molecular formula is C9H9ClN2. The highest BCUT2D eigenvalue weighted by Crippen LogP contribution is 2.19. The number of fused-ring (bicyclic) bond motifs is 1. The van der Waals surface area contributed by atoms with Gasteiger partial charge in [0.2, 0.25) is 0 Å². The molecule has 0 spiro atoms. The number of nitrogens with zero attached hydrogens (tertiary/aromatic N) is 2. The third kappa shape index (κ3) is 0.994. The summed E-state index contributed by atoms with van der Waals surface area (Å²) in [4.78, 5) is 4.22. The maximum Gasteiger partial charge on any atom is 0.141 e. The van der Waals surface area contributed by atoms with E-state index in [0.29, 0.717) is 5.15 Å². The van der Waals surface area contributed by atoms with Crippen molar-refractivity contribution < 1.29 is 0 Å². The fraction of sp³-hybridized carbons (Fsp3) is 0.222. The Morgan fingerprint density at radius 2 is 2.17 bits per heavy atom. The minimum Gasteiger partial charge on any atom is -0.335 e. The average molecular weight is 181 g/mol. The second-order valence-electron chi connectivity index (χ2n) is 2.93. The van der Waals surface area contributed by atoms with Crippen LogP contribution in [-0.4, -0.2) is 9.55 Å². The highest BCUT2D eigenvalue weighted by molar-refractivity contribution is 6.29. The van der Waals surface area contributed by atoms with Crippen LogP contribution < -0.4 is 0 Å². The van der Waals surface area contributed by atoms with Gasteiger partial charge in [-0.2, -0.15) is 0 Å². The molecule has 0 fully saturated rings. The molecule has 62 valence electrons. The van der Waals surface area contributed by atoms with E-state index in [-0.39, 0.29) is 0 Å². The van der Waals surface area contributed by atoms with Crippen molar-refractivity contribution in [3.05, 3.63) is 29.0 Å². The molecule has 2 aromatic heterocycles. The largest absolute Gasteiger partial charge is 0.335 e. The topological polar surface area (TPSA) is 17.8 Å². The van der Waals surface area contributed by atoms with Gasteiger partial charge in [0.05, 0.1) is 0 Å². The van der Waals surface area contributed by atoms with E-state index in [2.05, 4.69) is 11.9 Å². The zero-order chi connectivity index (χ0) is 8.72. The molecule has 0 radical (unpaired) electrons. The lowest BCUT2D eigenvalue weighted by Crippen LogP contribution is -1.86. The zero-order valence-corrected chi connectivity index (χ0v) is 7.76. The lowest BCUT2D eigenvalue weighted by Gasteiger charge is -1.94. The molecule has 0 bridgehead atoms. The number of aromatic nitrogens is 2. The summed E-state index contributed by atoms with van der Waals surface area (Å²) in [6.45, 7) is 2.07. The molecule has 0 unspecified atom stereocenters. The van der Waals surface area contributed by atoms with E-state index >= 15 is 0 Å². The van der Waals surface area contributed by atoms with Gasteiger partial charge >= 0.3 is 0 Å². The van der Waals surface area contributed by atoms with Gasteiger partial charge in [-0.15, -0.1) is 0 Å². The Morgan fingerprint density at radius 1 is 1.42 bits per heavy atom. The summed E-state index contributed by atoms with van der Waals surface area (Å²) in [6.07, 6.45) is 2.05. The van der Waals surface area contributed by atoms with Crippen molar-refractivity contribution in [2.75, 3.05) is 0 Å². The number of hydrogen-bond donors (Lipinski definition) is 0. The minimum atomic E-state index is 0.545. The van der Waals surface area contributed by atoms with Gasteiger partial charge in [0.25, 0.3) is 0 Å². The summed E-state index contributed by atoms with van der Waals surface area (Å²) >= 11 is 5.78. The molecule has 0 aliphatic rings. The summed E-state index contributed by atoms with van der Waals surface area (Å²) in [5.41, 5.74) is 2.18. The fourth-order valence-corrected chi connectivity index (χ4v) is 1.57. The highest BCUT2D eigenvalue weighted by atomic mass is 35.5. The normalized spacial score (nSPS) is 10.9. The van der Waals surface area contributed by atoms with Gasteiger partial charge in [-0.3, -0.25) is 0 Å². The molecular weight excluding hydrogens is 172 g/mol. The number of rotatable bonds is 0. The third-order valence-corrected chi connectivity index (χ3v) is 2.20. The molecule has 0 atom stereocenters. The van der Waals surface area contributed by atoms with Crippen LogP contribution in [0.5, 0.6) is 0 Å². The Kier molecular flexibility index (Phi) is 1.58. The van der Waals surface area contributed by atoms with Crippen molar-refractivity contribution in [1.82, 2.24) is 9.55 Å². The number of halogens is 1. The average Bonchev–Trinajstić information content (AvgIpc) is 2.28. The first-order valence-electron chi connectivity index (χ1n) is 3.76. The maximum absolute atomic E-state index is 5.78. The molecule has 0 aromatic carbocycles. The second-order valence-corrected chi connectivity index (χ2v) is 3.32. The number of hydrogen-bond acceptors (Lipinski definition) is 1. The van der Waals surface area contributed by atoms with Crippen molar-refractivity contribution in [2.45, 2.75) is 6.92 Å². The van der Waals surface area contributed by atoms with E-state index in [1.54, 1.807) is 0 Å². The van der Waals surface area contributed by atoms with Gasteiger partial charge in [0, 0.05) is 18.6 Å². The van der Waals surface area contributed by atoms with Crippen molar-refractivity contribution in [1.29, 1.82) is 0 Å². The highest BCUT2D eigenvalue weighted by Gasteiger charge is 2.03. The van der Waals surface area contributed by atoms with Gasteiger partial charge in [0.15, 0.2) is 0 Å². The van der Waals surface area contributed by atoms with Crippen molar-refractivity contribution in [2.24, 2.45) is 7.05 Å². The molecule has 12 heavy (non-hydrogen) atoms. The lowest BCUT2D eigenvalue weighted by atomic mass is 10.2. The molecule has 0 amide bonds. The fourth-order valence-electron chi connectivity index (χ4n) is 1.42. The van der Waals surface area contributed by atoms with Crippen molar-refractivity contribution >= 4 is 22.6 Å². The molecule has 0 saturated heterocycles. The standard InChI is InChI=1S/C9H9ClN2/c1-6-5-12(2)9-7(6)3-4-8(10)11-9/h3-5H,1-2H3. The SMILES string of the molecule is Cc1cn(C)c2nc(Cl)ccc12. The van der Waals surface area contributed by atoms with Crippen LogP contribution >= 0.6 is 11.6 Å². The Bertz CT molecular complexity index is 431. The summed E-state index contributed by atoms with van der Waals surface area (Å²) < 4.78 is 1.98. The van der Waals surface area contributed by atoms with Gasteiger partial charge in [-0.05, 0) is 24.6 Å². The van der Waals surface area contributed by atoms with Crippen molar-refractivity contribution in [3.8, 4) is 0 Å². The summed E-state index contributed by atoms with van der Waals surface area (Å²) in [7, 11) is 1.97. The molecule has 0 aliphatic heterocycles. The monoisotopic (exact) mass is 180 g/mol. The van der Waals surface area contributed by atoms with Crippen LogP contribution in [-0.2, 0) is 7.05 Å². The smallest absolute Gasteiger partial charge is 0.141 e. The van der Waals surface area contributed by atoms with Gasteiger partial charge in [0.1, 0.15) is 10.8 Å². The predicted octanol–water partition coefficient (Wildman–Crippen LogP) is 2.54. The summed E-state index contributed by atoms with van der Waals surface area (Å²) in [6, 6.07) is 3.82. The van der Waals surface area contributed by atoms with Gasteiger partial charge in [-0.25, -0.2) is 4.98 Å². The first kappa shape index (κ1) is 7.62. The van der Waals surface area contributed by atoms with Crippen LogP contribution in [0.4, 0.5) is 0 Å². The van der Waals surface area contributed by atoms with Crippen LogP contribution in [0.2, 0.25) is 5.15 Å². The molecule has 2 nitrogen and oxygen atoms in total. The van der Waals surface area contributed by atoms with Crippen LogP contribution in [0, 0.1) is 6.92 Å². The molecule has 2 aromatic rings. The van der Waals surface area contributed by atoms with E-state index in [4.69, 9.17) is 11.6 Å². The van der Waals surface area contributed by atoms with Crippen LogP contribution in [0.1, 0.15) is 5.56 Å². The molecule has 3 heteroatoms. The molecule has 2 heterocycles.